The zero-order valence-electron chi connectivity index (χ0n) is 14.8. The smallest absolute Gasteiger partial charge is 0.255 e. The van der Waals surface area contributed by atoms with Crippen LogP contribution in [0.5, 0.6) is 11.5 Å². The van der Waals surface area contributed by atoms with E-state index in [1.165, 1.54) is 44.8 Å². The molecule has 0 spiro atoms. The number of rotatable bonds is 4. The van der Waals surface area contributed by atoms with E-state index in [0.717, 1.165) is 0 Å². The standard InChI is InChI=1S/C13H10ClF2NO.C6H5BrFNO/c1-18-11-6-8(7-17-13(11)16)5-9-3-2-4-10(14)12(9)15;1-10-5-2-4(7)3-9-6(5)8/h2-4,6-7H,5H2,1H3;2-3H,1H3. The molecule has 0 radical (unpaired) electrons. The van der Waals surface area contributed by atoms with Gasteiger partial charge in [-0.25, -0.2) is 14.4 Å². The van der Waals surface area contributed by atoms with Gasteiger partial charge in [0.05, 0.1) is 19.2 Å². The van der Waals surface area contributed by atoms with Gasteiger partial charge in [0.15, 0.2) is 11.5 Å². The van der Waals surface area contributed by atoms with Crippen LogP contribution in [0.4, 0.5) is 13.2 Å². The highest BCUT2D eigenvalue weighted by molar-refractivity contribution is 9.10. The Hall–Kier alpha value is -2.32. The van der Waals surface area contributed by atoms with Crippen molar-refractivity contribution in [2.75, 3.05) is 14.2 Å². The highest BCUT2D eigenvalue weighted by atomic mass is 79.9. The van der Waals surface area contributed by atoms with Crippen molar-refractivity contribution in [3.8, 4) is 11.5 Å². The first kappa shape index (κ1) is 22.0. The van der Waals surface area contributed by atoms with Gasteiger partial charge < -0.3 is 9.47 Å². The largest absolute Gasteiger partial charge is 0.492 e. The number of halogens is 5. The number of hydrogen-bond donors (Lipinski definition) is 0. The van der Waals surface area contributed by atoms with Crippen molar-refractivity contribution >= 4 is 27.5 Å². The van der Waals surface area contributed by atoms with Crippen LogP contribution in [0.2, 0.25) is 5.02 Å². The van der Waals surface area contributed by atoms with E-state index >= 15 is 0 Å². The van der Waals surface area contributed by atoms with Crippen molar-refractivity contribution in [1.29, 1.82) is 0 Å². The van der Waals surface area contributed by atoms with Crippen LogP contribution in [-0.4, -0.2) is 24.2 Å². The van der Waals surface area contributed by atoms with E-state index in [4.69, 9.17) is 16.3 Å². The van der Waals surface area contributed by atoms with Gasteiger partial charge in [-0.1, -0.05) is 23.7 Å². The third kappa shape index (κ3) is 5.84. The molecule has 2 aromatic heterocycles. The molecule has 0 unspecified atom stereocenters. The average Bonchev–Trinajstić information content (AvgIpc) is 2.69. The van der Waals surface area contributed by atoms with E-state index in [9.17, 15) is 13.2 Å². The molecule has 0 bridgehead atoms. The summed E-state index contributed by atoms with van der Waals surface area (Å²) in [6, 6.07) is 7.76. The first-order valence-corrected chi connectivity index (χ1v) is 8.99. The van der Waals surface area contributed by atoms with Gasteiger partial charge in [-0.2, -0.15) is 8.78 Å². The second-order valence-corrected chi connectivity index (χ2v) is 6.70. The summed E-state index contributed by atoms with van der Waals surface area (Å²) in [4.78, 5) is 6.96. The highest BCUT2D eigenvalue weighted by Crippen LogP contribution is 2.23. The Kier molecular flexibility index (Phi) is 8.07. The number of hydrogen-bond acceptors (Lipinski definition) is 4. The van der Waals surface area contributed by atoms with Gasteiger partial charge >= 0.3 is 0 Å². The summed E-state index contributed by atoms with van der Waals surface area (Å²) in [5, 5.41) is 0.0644. The Labute approximate surface area is 173 Å². The minimum Gasteiger partial charge on any atom is -0.492 e. The molecule has 0 aliphatic heterocycles. The molecule has 28 heavy (non-hydrogen) atoms. The van der Waals surface area contributed by atoms with Gasteiger partial charge in [0.1, 0.15) is 5.82 Å². The maximum absolute atomic E-state index is 13.7. The molecule has 0 saturated heterocycles. The molecule has 9 heteroatoms. The average molecular weight is 476 g/mol. The molecule has 1 aromatic carbocycles. The molecule has 0 aliphatic carbocycles. The number of nitrogens with zero attached hydrogens (tertiary/aromatic N) is 2. The first-order valence-electron chi connectivity index (χ1n) is 7.82. The van der Waals surface area contributed by atoms with Crippen LogP contribution in [-0.2, 0) is 6.42 Å². The monoisotopic (exact) mass is 474 g/mol. The van der Waals surface area contributed by atoms with Crippen LogP contribution < -0.4 is 9.47 Å². The van der Waals surface area contributed by atoms with Gasteiger partial charge in [0.25, 0.3) is 11.9 Å². The van der Waals surface area contributed by atoms with Crippen molar-refractivity contribution in [3.63, 3.8) is 0 Å². The molecular formula is C19H15BrClF3N2O2. The van der Waals surface area contributed by atoms with Gasteiger partial charge in [0.2, 0.25) is 0 Å². The normalized spacial score (nSPS) is 10.1. The maximum atomic E-state index is 13.7. The van der Waals surface area contributed by atoms with E-state index in [1.807, 2.05) is 0 Å². The van der Waals surface area contributed by atoms with Crippen molar-refractivity contribution in [3.05, 3.63) is 81.1 Å². The van der Waals surface area contributed by atoms with Gasteiger partial charge in [-0.05, 0) is 39.2 Å². The van der Waals surface area contributed by atoms with Gasteiger partial charge in [0, 0.05) is 29.4 Å². The summed E-state index contributed by atoms with van der Waals surface area (Å²) in [6.07, 6.45) is 2.99. The fourth-order valence-corrected chi connectivity index (χ4v) is 2.66. The van der Waals surface area contributed by atoms with Crippen molar-refractivity contribution in [1.82, 2.24) is 9.97 Å². The molecule has 0 fully saturated rings. The number of ether oxygens (including phenoxy) is 2. The van der Waals surface area contributed by atoms with Crippen molar-refractivity contribution in [2.45, 2.75) is 6.42 Å². The lowest BCUT2D eigenvalue weighted by Crippen LogP contribution is -1.97. The number of methoxy groups -OCH3 is 2. The Morgan fingerprint density at radius 2 is 1.57 bits per heavy atom. The fourth-order valence-electron chi connectivity index (χ4n) is 2.16. The van der Waals surface area contributed by atoms with Gasteiger partial charge in [-0.15, -0.1) is 0 Å². The van der Waals surface area contributed by atoms with E-state index in [1.54, 1.807) is 12.1 Å². The molecule has 0 aliphatic rings. The highest BCUT2D eigenvalue weighted by Gasteiger charge is 2.10. The lowest BCUT2D eigenvalue weighted by molar-refractivity contribution is 0.377. The molecule has 3 rings (SSSR count). The summed E-state index contributed by atoms with van der Waals surface area (Å²) < 4.78 is 49.5. The van der Waals surface area contributed by atoms with Crippen LogP contribution in [0, 0.1) is 17.7 Å². The van der Waals surface area contributed by atoms with Crippen LogP contribution in [0.1, 0.15) is 11.1 Å². The van der Waals surface area contributed by atoms with Crippen LogP contribution in [0.3, 0.4) is 0 Å². The summed E-state index contributed by atoms with van der Waals surface area (Å²) in [5.41, 5.74) is 1.08. The van der Waals surface area contributed by atoms with E-state index in [-0.39, 0.29) is 22.9 Å². The molecule has 0 N–H and O–H groups in total. The zero-order valence-corrected chi connectivity index (χ0v) is 17.2. The van der Waals surface area contributed by atoms with Crippen LogP contribution in [0.15, 0.2) is 47.2 Å². The third-order valence-corrected chi connectivity index (χ3v) is 4.23. The second-order valence-electron chi connectivity index (χ2n) is 5.37. The number of benzene rings is 1. The molecule has 0 atom stereocenters. The second kappa shape index (κ2) is 10.3. The van der Waals surface area contributed by atoms with E-state index < -0.39 is 17.7 Å². The first-order chi connectivity index (χ1) is 13.3. The van der Waals surface area contributed by atoms with E-state index in [0.29, 0.717) is 15.6 Å². The number of aromatic nitrogens is 2. The predicted octanol–water partition coefficient (Wildman–Crippen LogP) is 5.60. The lowest BCUT2D eigenvalue weighted by atomic mass is 10.1. The molecule has 4 nitrogen and oxygen atoms in total. The van der Waals surface area contributed by atoms with E-state index in [2.05, 4.69) is 30.6 Å². The summed E-state index contributed by atoms with van der Waals surface area (Å²) in [5.74, 6) is -1.56. The SMILES string of the molecule is COc1cc(Br)cnc1F.COc1cc(Cc2cccc(Cl)c2F)cnc1F. The topological polar surface area (TPSA) is 44.2 Å². The lowest BCUT2D eigenvalue weighted by Gasteiger charge is -2.06. The van der Waals surface area contributed by atoms with Crippen LogP contribution in [0.25, 0.3) is 0 Å². The third-order valence-electron chi connectivity index (χ3n) is 3.50. The van der Waals surface area contributed by atoms with Gasteiger partial charge in [-0.3, -0.25) is 0 Å². The van der Waals surface area contributed by atoms with Crippen molar-refractivity contribution in [2.24, 2.45) is 0 Å². The Bertz CT molecular complexity index is 960. The minimum atomic E-state index is -0.687. The summed E-state index contributed by atoms with van der Waals surface area (Å²) >= 11 is 8.82. The summed E-state index contributed by atoms with van der Waals surface area (Å²) in [7, 11) is 2.75. The Morgan fingerprint density at radius 1 is 0.964 bits per heavy atom. The molecule has 2 heterocycles. The Balaban J connectivity index is 0.000000237. The Morgan fingerprint density at radius 3 is 2.18 bits per heavy atom. The molecule has 148 valence electrons. The zero-order chi connectivity index (χ0) is 20.7. The summed E-state index contributed by atoms with van der Waals surface area (Å²) in [6.45, 7) is 0. The molecule has 0 amide bonds. The number of pyridine rings is 2. The maximum Gasteiger partial charge on any atom is 0.255 e. The van der Waals surface area contributed by atoms with Crippen molar-refractivity contribution < 1.29 is 22.6 Å². The quantitative estimate of drug-likeness (QED) is 0.461. The van der Waals surface area contributed by atoms with Crippen LogP contribution >= 0.6 is 27.5 Å². The molecule has 3 aromatic rings. The minimum absolute atomic E-state index is 0.0370. The fraction of sp³-hybridized carbons (Fsp3) is 0.158. The molecular weight excluding hydrogens is 461 g/mol. The predicted molar refractivity (Wildman–Crippen MR) is 103 cm³/mol. The molecule has 0 saturated carbocycles.